The molecule has 0 saturated carbocycles. The van der Waals surface area contributed by atoms with Crippen LogP contribution in [0.3, 0.4) is 0 Å². The third-order valence-electron chi connectivity index (χ3n) is 2.47. The van der Waals surface area contributed by atoms with E-state index in [9.17, 15) is 9.59 Å². The van der Waals surface area contributed by atoms with Crippen LogP contribution in [0.2, 0.25) is 0 Å². The third kappa shape index (κ3) is 2.07. The fourth-order valence-corrected chi connectivity index (χ4v) is 1.65. The Labute approximate surface area is 104 Å². The third-order valence-corrected chi connectivity index (χ3v) is 2.47. The number of nitrogens with zero attached hydrogens (tertiary/aromatic N) is 1. The molecule has 0 atom stereocenters. The lowest BCUT2D eigenvalue weighted by atomic mass is 10.1. The van der Waals surface area contributed by atoms with Gasteiger partial charge in [-0.05, 0) is 6.92 Å². The summed E-state index contributed by atoms with van der Waals surface area (Å²) in [5.41, 5.74) is 0.108. The Morgan fingerprint density at radius 2 is 2.00 bits per heavy atom. The molecule has 18 heavy (non-hydrogen) atoms. The van der Waals surface area contributed by atoms with Crippen LogP contribution in [0.15, 0.2) is 39.6 Å². The highest BCUT2D eigenvalue weighted by Gasteiger charge is 2.24. The first-order chi connectivity index (χ1) is 8.65. The quantitative estimate of drug-likeness (QED) is 0.776. The van der Waals surface area contributed by atoms with E-state index in [0.29, 0.717) is 5.56 Å². The standard InChI is InChI=1S/C13H13NO4/c1-3-17-13(16)10-11(18-14(2)12(10)15)9-7-5-4-6-8-9/h4-8H,3H2,1-2H3. The Bertz CT molecular complexity index is 610. The topological polar surface area (TPSA) is 61.4 Å². The molecular weight excluding hydrogens is 234 g/mol. The molecule has 0 aliphatic heterocycles. The molecule has 1 aromatic heterocycles. The number of hydrogen-bond donors (Lipinski definition) is 0. The number of benzene rings is 1. The van der Waals surface area contributed by atoms with Crippen LogP contribution in [0, 0.1) is 0 Å². The number of rotatable bonds is 3. The minimum absolute atomic E-state index is 0.0643. The molecule has 94 valence electrons. The Morgan fingerprint density at radius 3 is 2.61 bits per heavy atom. The van der Waals surface area contributed by atoms with E-state index in [4.69, 9.17) is 9.26 Å². The summed E-state index contributed by atoms with van der Waals surface area (Å²) in [6, 6.07) is 8.98. The average Bonchev–Trinajstić information content (AvgIpc) is 2.67. The molecule has 0 saturated heterocycles. The maximum absolute atomic E-state index is 11.8. The fourth-order valence-electron chi connectivity index (χ4n) is 1.65. The highest BCUT2D eigenvalue weighted by molar-refractivity contribution is 5.95. The summed E-state index contributed by atoms with van der Waals surface area (Å²) in [5, 5.41) is 0. The van der Waals surface area contributed by atoms with Gasteiger partial charge >= 0.3 is 5.97 Å². The van der Waals surface area contributed by atoms with Crippen LogP contribution in [0.25, 0.3) is 11.3 Å². The summed E-state index contributed by atoms with van der Waals surface area (Å²) in [5.74, 6) is -0.424. The van der Waals surface area contributed by atoms with Gasteiger partial charge in [-0.2, -0.15) is 4.74 Å². The van der Waals surface area contributed by atoms with Crippen molar-refractivity contribution >= 4 is 5.97 Å². The molecule has 0 amide bonds. The number of aryl methyl sites for hydroxylation is 1. The first-order valence-electron chi connectivity index (χ1n) is 5.58. The van der Waals surface area contributed by atoms with Gasteiger partial charge in [0.25, 0.3) is 5.56 Å². The molecule has 2 rings (SSSR count). The molecule has 0 N–H and O–H groups in total. The zero-order chi connectivity index (χ0) is 13.1. The number of ether oxygens (including phenoxy) is 1. The summed E-state index contributed by atoms with van der Waals surface area (Å²) in [6.07, 6.45) is 0. The first kappa shape index (κ1) is 12.2. The van der Waals surface area contributed by atoms with Gasteiger partial charge in [0.05, 0.1) is 6.61 Å². The van der Waals surface area contributed by atoms with Crippen LogP contribution >= 0.6 is 0 Å². The van der Waals surface area contributed by atoms with E-state index >= 15 is 0 Å². The molecule has 0 bridgehead atoms. The summed E-state index contributed by atoms with van der Waals surface area (Å²) in [6.45, 7) is 1.89. The maximum atomic E-state index is 11.8. The van der Waals surface area contributed by atoms with E-state index in [1.807, 2.05) is 6.07 Å². The van der Waals surface area contributed by atoms with Crippen LogP contribution in [-0.2, 0) is 11.8 Å². The van der Waals surface area contributed by atoms with Gasteiger partial charge in [0.1, 0.15) is 0 Å². The summed E-state index contributed by atoms with van der Waals surface area (Å²) >= 11 is 0. The van der Waals surface area contributed by atoms with Crippen LogP contribution < -0.4 is 5.56 Å². The van der Waals surface area contributed by atoms with Crippen molar-refractivity contribution in [2.24, 2.45) is 7.05 Å². The lowest BCUT2D eigenvalue weighted by molar-refractivity contribution is 0.0525. The highest BCUT2D eigenvalue weighted by atomic mass is 16.5. The smallest absolute Gasteiger partial charge is 0.347 e. The normalized spacial score (nSPS) is 10.3. The fraction of sp³-hybridized carbons (Fsp3) is 0.231. The molecular formula is C13H13NO4. The van der Waals surface area contributed by atoms with Crippen molar-refractivity contribution in [1.82, 2.24) is 4.74 Å². The SMILES string of the molecule is CCOC(=O)c1c(-c2ccccc2)on(C)c1=O. The Balaban J connectivity index is 2.59. The predicted molar refractivity (Wildman–Crippen MR) is 65.3 cm³/mol. The molecule has 5 nitrogen and oxygen atoms in total. The van der Waals surface area contributed by atoms with E-state index in [2.05, 4.69) is 0 Å². The average molecular weight is 247 g/mol. The minimum Gasteiger partial charge on any atom is -0.462 e. The van der Waals surface area contributed by atoms with Gasteiger partial charge in [0.15, 0.2) is 11.3 Å². The van der Waals surface area contributed by atoms with Crippen LogP contribution in [0.5, 0.6) is 0 Å². The second-order valence-corrected chi connectivity index (χ2v) is 3.68. The molecule has 0 fully saturated rings. The van der Waals surface area contributed by atoms with Crippen molar-refractivity contribution in [3.8, 4) is 11.3 Å². The van der Waals surface area contributed by atoms with Crippen molar-refractivity contribution in [1.29, 1.82) is 0 Å². The van der Waals surface area contributed by atoms with Gasteiger partial charge in [0, 0.05) is 12.6 Å². The highest BCUT2D eigenvalue weighted by Crippen LogP contribution is 2.22. The molecule has 2 aromatic rings. The molecule has 0 unspecified atom stereocenters. The van der Waals surface area contributed by atoms with Crippen LogP contribution in [-0.4, -0.2) is 17.3 Å². The maximum Gasteiger partial charge on any atom is 0.347 e. The van der Waals surface area contributed by atoms with Crippen molar-refractivity contribution in [3.63, 3.8) is 0 Å². The zero-order valence-electron chi connectivity index (χ0n) is 10.2. The number of esters is 1. The molecule has 0 radical (unpaired) electrons. The Kier molecular flexibility index (Phi) is 3.32. The lowest BCUT2D eigenvalue weighted by Crippen LogP contribution is -2.20. The summed E-state index contributed by atoms with van der Waals surface area (Å²) in [4.78, 5) is 23.6. The lowest BCUT2D eigenvalue weighted by Gasteiger charge is -2.00. The number of hydrogen-bond acceptors (Lipinski definition) is 4. The van der Waals surface area contributed by atoms with Gasteiger partial charge < -0.3 is 9.26 Å². The number of carbonyl (C=O) groups is 1. The minimum atomic E-state index is -0.661. The van der Waals surface area contributed by atoms with Gasteiger partial charge in [-0.1, -0.05) is 30.3 Å². The summed E-state index contributed by atoms with van der Waals surface area (Å²) < 4.78 is 11.2. The molecule has 1 heterocycles. The molecule has 5 heteroatoms. The van der Waals surface area contributed by atoms with E-state index in [0.717, 1.165) is 4.74 Å². The van der Waals surface area contributed by atoms with Crippen LogP contribution in [0.1, 0.15) is 17.3 Å². The van der Waals surface area contributed by atoms with E-state index in [1.54, 1.807) is 31.2 Å². The Morgan fingerprint density at radius 1 is 1.33 bits per heavy atom. The first-order valence-corrected chi connectivity index (χ1v) is 5.58. The largest absolute Gasteiger partial charge is 0.462 e. The zero-order valence-corrected chi connectivity index (χ0v) is 10.2. The Hall–Kier alpha value is -2.30. The van der Waals surface area contributed by atoms with Gasteiger partial charge in [-0.3, -0.25) is 4.79 Å². The second-order valence-electron chi connectivity index (χ2n) is 3.68. The monoisotopic (exact) mass is 247 g/mol. The molecule has 0 spiro atoms. The molecule has 1 aromatic carbocycles. The van der Waals surface area contributed by atoms with E-state index < -0.39 is 11.5 Å². The van der Waals surface area contributed by atoms with Crippen molar-refractivity contribution in [2.75, 3.05) is 6.61 Å². The van der Waals surface area contributed by atoms with Crippen molar-refractivity contribution in [3.05, 3.63) is 46.2 Å². The number of aromatic nitrogens is 1. The van der Waals surface area contributed by atoms with Crippen LogP contribution in [0.4, 0.5) is 0 Å². The van der Waals surface area contributed by atoms with E-state index in [-0.39, 0.29) is 17.9 Å². The van der Waals surface area contributed by atoms with Crippen molar-refractivity contribution < 1.29 is 14.1 Å². The van der Waals surface area contributed by atoms with Gasteiger partial charge in [0.2, 0.25) is 0 Å². The summed E-state index contributed by atoms with van der Waals surface area (Å²) in [7, 11) is 1.46. The number of carbonyl (C=O) groups excluding carboxylic acids is 1. The van der Waals surface area contributed by atoms with E-state index in [1.165, 1.54) is 7.05 Å². The molecule has 0 aliphatic rings. The predicted octanol–water partition coefficient (Wildman–Crippen LogP) is 1.82. The molecule has 0 aliphatic carbocycles. The van der Waals surface area contributed by atoms with Gasteiger partial charge in [-0.25, -0.2) is 4.79 Å². The van der Waals surface area contributed by atoms with Crippen molar-refractivity contribution in [2.45, 2.75) is 6.92 Å². The van der Waals surface area contributed by atoms with Gasteiger partial charge in [-0.15, -0.1) is 0 Å². The second kappa shape index (κ2) is 4.91.